The molecule has 0 amide bonds. The summed E-state index contributed by atoms with van der Waals surface area (Å²) in [5.41, 5.74) is 10.1. The van der Waals surface area contributed by atoms with E-state index in [-0.39, 0.29) is 0 Å². The predicted molar refractivity (Wildman–Crippen MR) is 81.5 cm³/mol. The van der Waals surface area contributed by atoms with Gasteiger partial charge >= 0.3 is 0 Å². The minimum Gasteiger partial charge on any atom is -0.347 e. The number of fused-ring (bicyclic) bond motifs is 1. The third-order valence-corrected chi connectivity index (χ3v) is 4.01. The molecule has 1 aliphatic rings. The molecule has 0 atom stereocenters. The first kappa shape index (κ1) is 12.7. The average molecular weight is 256 g/mol. The first-order valence-corrected chi connectivity index (χ1v) is 7.50. The molecule has 3 rings (SSSR count). The quantitative estimate of drug-likeness (QED) is 0.869. The smallest absolute Gasteiger partial charge is 0.0486 e. The van der Waals surface area contributed by atoms with Gasteiger partial charge in [-0.1, -0.05) is 26.0 Å². The molecule has 1 heterocycles. The largest absolute Gasteiger partial charge is 0.347 e. The van der Waals surface area contributed by atoms with Crippen LogP contribution in [-0.4, -0.2) is 11.1 Å². The number of benzene rings is 1. The van der Waals surface area contributed by atoms with Gasteiger partial charge in [-0.25, -0.2) is 0 Å². The topological polar surface area (TPSA) is 30.9 Å². The second-order valence-electron chi connectivity index (χ2n) is 6.29. The van der Waals surface area contributed by atoms with E-state index in [4.69, 9.17) is 5.73 Å². The third kappa shape index (κ3) is 2.55. The highest BCUT2D eigenvalue weighted by Gasteiger charge is 2.24. The Bertz CT molecular complexity index is 576. The Morgan fingerprint density at radius 1 is 1.32 bits per heavy atom. The maximum atomic E-state index is 5.74. The lowest BCUT2D eigenvalue weighted by atomic mass is 10.1. The van der Waals surface area contributed by atoms with Crippen molar-refractivity contribution in [2.75, 3.05) is 6.54 Å². The number of hydrogen-bond acceptors (Lipinski definition) is 1. The zero-order valence-electron chi connectivity index (χ0n) is 12.0. The van der Waals surface area contributed by atoms with Crippen LogP contribution in [0, 0.1) is 5.92 Å². The lowest BCUT2D eigenvalue weighted by Gasteiger charge is -2.09. The summed E-state index contributed by atoms with van der Waals surface area (Å²) in [6.07, 6.45) is 6.02. The van der Waals surface area contributed by atoms with Crippen molar-refractivity contribution in [2.24, 2.45) is 11.7 Å². The summed E-state index contributed by atoms with van der Waals surface area (Å²) in [6.45, 7) is 6.37. The minimum atomic E-state index is 0.672. The summed E-state index contributed by atoms with van der Waals surface area (Å²) in [5, 5.41) is 1.40. The van der Waals surface area contributed by atoms with Gasteiger partial charge in [0.15, 0.2) is 0 Å². The van der Waals surface area contributed by atoms with Gasteiger partial charge in [0, 0.05) is 23.6 Å². The molecule has 2 heteroatoms. The van der Waals surface area contributed by atoms with E-state index in [1.54, 1.807) is 0 Å². The summed E-state index contributed by atoms with van der Waals surface area (Å²) >= 11 is 0. The maximum Gasteiger partial charge on any atom is 0.0486 e. The Labute approximate surface area is 115 Å². The van der Waals surface area contributed by atoms with Crippen molar-refractivity contribution >= 4 is 10.9 Å². The van der Waals surface area contributed by atoms with Crippen molar-refractivity contribution in [3.8, 4) is 0 Å². The Kier molecular flexibility index (Phi) is 3.36. The first-order valence-electron chi connectivity index (χ1n) is 7.50. The number of nitrogens with two attached hydrogens (primary N) is 1. The highest BCUT2D eigenvalue weighted by atomic mass is 15.0. The van der Waals surface area contributed by atoms with Crippen molar-refractivity contribution in [2.45, 2.75) is 45.6 Å². The maximum absolute atomic E-state index is 5.74. The SMILES string of the molecule is CC(C)Cn1cc(CCN)c2ccc(C3CC3)cc21. The molecule has 0 radical (unpaired) electrons. The molecule has 2 N–H and O–H groups in total. The van der Waals surface area contributed by atoms with E-state index in [2.05, 4.69) is 42.8 Å². The Hall–Kier alpha value is -1.28. The van der Waals surface area contributed by atoms with Crippen LogP contribution in [0.15, 0.2) is 24.4 Å². The van der Waals surface area contributed by atoms with Crippen LogP contribution in [0.5, 0.6) is 0 Å². The van der Waals surface area contributed by atoms with Gasteiger partial charge in [-0.3, -0.25) is 0 Å². The van der Waals surface area contributed by atoms with E-state index >= 15 is 0 Å². The first-order chi connectivity index (χ1) is 9.19. The van der Waals surface area contributed by atoms with Gasteiger partial charge in [-0.05, 0) is 54.8 Å². The van der Waals surface area contributed by atoms with E-state index < -0.39 is 0 Å². The van der Waals surface area contributed by atoms with E-state index in [1.165, 1.54) is 34.9 Å². The van der Waals surface area contributed by atoms with Crippen LogP contribution in [0.2, 0.25) is 0 Å². The molecule has 1 aromatic heterocycles. The number of nitrogens with zero attached hydrogens (tertiary/aromatic N) is 1. The lowest BCUT2D eigenvalue weighted by molar-refractivity contribution is 0.534. The summed E-state index contributed by atoms with van der Waals surface area (Å²) < 4.78 is 2.43. The molecular formula is C17H24N2. The zero-order chi connectivity index (χ0) is 13.4. The standard InChI is InChI=1S/C17H24N2/c1-12(2)10-19-11-15(7-8-18)16-6-5-14(9-17(16)19)13-3-4-13/h5-6,9,11-13H,3-4,7-8,10,18H2,1-2H3. The Balaban J connectivity index is 2.07. The zero-order valence-corrected chi connectivity index (χ0v) is 12.0. The van der Waals surface area contributed by atoms with Crippen LogP contribution in [0.25, 0.3) is 10.9 Å². The fourth-order valence-electron chi connectivity index (χ4n) is 2.95. The molecule has 0 unspecified atom stereocenters. The van der Waals surface area contributed by atoms with Crippen LogP contribution in [0.1, 0.15) is 43.7 Å². The van der Waals surface area contributed by atoms with Gasteiger partial charge < -0.3 is 10.3 Å². The summed E-state index contributed by atoms with van der Waals surface area (Å²) in [4.78, 5) is 0. The van der Waals surface area contributed by atoms with Crippen molar-refractivity contribution in [1.82, 2.24) is 4.57 Å². The molecule has 2 nitrogen and oxygen atoms in total. The summed E-state index contributed by atoms with van der Waals surface area (Å²) in [5.74, 6) is 1.50. The van der Waals surface area contributed by atoms with Gasteiger partial charge in [-0.15, -0.1) is 0 Å². The molecule has 102 valence electrons. The van der Waals surface area contributed by atoms with Crippen LogP contribution >= 0.6 is 0 Å². The van der Waals surface area contributed by atoms with E-state index in [0.717, 1.165) is 25.4 Å². The second kappa shape index (κ2) is 5.01. The molecule has 0 saturated heterocycles. The molecule has 0 bridgehead atoms. The molecule has 1 fully saturated rings. The predicted octanol–water partition coefficient (Wildman–Crippen LogP) is 3.68. The Morgan fingerprint density at radius 2 is 2.11 bits per heavy atom. The van der Waals surface area contributed by atoms with Crippen molar-refractivity contribution in [3.63, 3.8) is 0 Å². The monoisotopic (exact) mass is 256 g/mol. The fourth-order valence-corrected chi connectivity index (χ4v) is 2.95. The summed E-state index contributed by atoms with van der Waals surface area (Å²) in [7, 11) is 0. The van der Waals surface area contributed by atoms with E-state index in [1.807, 2.05) is 0 Å². The lowest BCUT2D eigenvalue weighted by Crippen LogP contribution is -2.04. The Morgan fingerprint density at radius 3 is 2.74 bits per heavy atom. The highest BCUT2D eigenvalue weighted by Crippen LogP contribution is 2.41. The van der Waals surface area contributed by atoms with E-state index in [0.29, 0.717) is 5.92 Å². The molecule has 2 aromatic rings. The van der Waals surface area contributed by atoms with Gasteiger partial charge in [0.2, 0.25) is 0 Å². The van der Waals surface area contributed by atoms with Crippen LogP contribution < -0.4 is 5.73 Å². The summed E-state index contributed by atoms with van der Waals surface area (Å²) in [6, 6.07) is 7.04. The van der Waals surface area contributed by atoms with Crippen LogP contribution in [0.3, 0.4) is 0 Å². The molecule has 1 saturated carbocycles. The third-order valence-electron chi connectivity index (χ3n) is 4.01. The fraction of sp³-hybridized carbons (Fsp3) is 0.529. The van der Waals surface area contributed by atoms with Gasteiger partial charge in [0.25, 0.3) is 0 Å². The van der Waals surface area contributed by atoms with Gasteiger partial charge in [0.1, 0.15) is 0 Å². The number of hydrogen-bond donors (Lipinski definition) is 1. The van der Waals surface area contributed by atoms with Gasteiger partial charge in [0.05, 0.1) is 0 Å². The molecule has 1 aliphatic carbocycles. The van der Waals surface area contributed by atoms with Crippen molar-refractivity contribution in [1.29, 1.82) is 0 Å². The minimum absolute atomic E-state index is 0.672. The van der Waals surface area contributed by atoms with Crippen molar-refractivity contribution < 1.29 is 0 Å². The average Bonchev–Trinajstić information content (AvgIpc) is 3.16. The molecular weight excluding hydrogens is 232 g/mol. The van der Waals surface area contributed by atoms with Crippen LogP contribution in [-0.2, 0) is 13.0 Å². The van der Waals surface area contributed by atoms with Crippen molar-refractivity contribution in [3.05, 3.63) is 35.5 Å². The molecule has 1 aromatic carbocycles. The second-order valence-corrected chi connectivity index (χ2v) is 6.29. The molecule has 19 heavy (non-hydrogen) atoms. The van der Waals surface area contributed by atoms with E-state index in [9.17, 15) is 0 Å². The molecule has 0 spiro atoms. The highest BCUT2D eigenvalue weighted by molar-refractivity contribution is 5.85. The van der Waals surface area contributed by atoms with Gasteiger partial charge in [-0.2, -0.15) is 0 Å². The molecule has 0 aliphatic heterocycles. The normalized spacial score (nSPS) is 15.6. The number of aromatic nitrogens is 1. The van der Waals surface area contributed by atoms with Crippen LogP contribution in [0.4, 0.5) is 0 Å². The number of rotatable bonds is 5.